The standard InChI is InChI=1S/C23H28Cl2O3/c1-22(2,3)15-7-13(11-24)19(26)17(9-15)21(28)18-10-16(23(4,5)6)8-14(12-25)20(18)27/h7-10,26-27H,11-12H2,1-6H3. The van der Waals surface area contributed by atoms with Crippen LogP contribution in [-0.4, -0.2) is 16.0 Å². The SMILES string of the molecule is CC(C)(C)c1cc(CCl)c(O)c(C(=O)c2cc(C(C)(C)C)cc(CCl)c2O)c1. The van der Waals surface area contributed by atoms with E-state index in [0.717, 1.165) is 11.1 Å². The van der Waals surface area contributed by atoms with E-state index in [2.05, 4.69) is 0 Å². The average Bonchev–Trinajstić information content (AvgIpc) is 2.59. The molecule has 0 spiro atoms. The summed E-state index contributed by atoms with van der Waals surface area (Å²) in [6.45, 7) is 12.1. The summed E-state index contributed by atoms with van der Waals surface area (Å²) < 4.78 is 0. The second-order valence-corrected chi connectivity index (χ2v) is 9.69. The van der Waals surface area contributed by atoms with Crippen molar-refractivity contribution in [3.63, 3.8) is 0 Å². The molecule has 0 atom stereocenters. The van der Waals surface area contributed by atoms with Crippen molar-refractivity contribution >= 4 is 29.0 Å². The number of phenolic OH excluding ortho intramolecular Hbond substituents is 2. The molecule has 0 fully saturated rings. The van der Waals surface area contributed by atoms with Crippen LogP contribution in [0.15, 0.2) is 24.3 Å². The molecule has 5 heteroatoms. The zero-order chi connectivity index (χ0) is 21.4. The van der Waals surface area contributed by atoms with Crippen molar-refractivity contribution < 1.29 is 15.0 Å². The normalized spacial score (nSPS) is 12.3. The number of benzene rings is 2. The Morgan fingerprint density at radius 2 is 1.07 bits per heavy atom. The molecule has 0 radical (unpaired) electrons. The summed E-state index contributed by atoms with van der Waals surface area (Å²) >= 11 is 12.0. The van der Waals surface area contributed by atoms with Gasteiger partial charge in [0, 0.05) is 11.1 Å². The topological polar surface area (TPSA) is 57.5 Å². The molecule has 0 aromatic heterocycles. The molecule has 0 bridgehead atoms. The monoisotopic (exact) mass is 422 g/mol. The highest BCUT2D eigenvalue weighted by Crippen LogP contribution is 2.37. The van der Waals surface area contributed by atoms with Crippen LogP contribution in [0.4, 0.5) is 0 Å². The summed E-state index contributed by atoms with van der Waals surface area (Å²) in [6.07, 6.45) is 0. The second kappa shape index (κ2) is 7.96. The molecule has 0 amide bonds. The van der Waals surface area contributed by atoms with Crippen molar-refractivity contribution in [1.29, 1.82) is 0 Å². The minimum atomic E-state index is -0.454. The number of hydrogen-bond donors (Lipinski definition) is 2. The smallest absolute Gasteiger partial charge is 0.200 e. The van der Waals surface area contributed by atoms with Crippen LogP contribution in [0.1, 0.15) is 79.7 Å². The Balaban J connectivity index is 2.76. The highest BCUT2D eigenvalue weighted by atomic mass is 35.5. The van der Waals surface area contributed by atoms with Crippen molar-refractivity contribution in [2.24, 2.45) is 0 Å². The fourth-order valence-electron chi connectivity index (χ4n) is 2.95. The van der Waals surface area contributed by atoms with Gasteiger partial charge in [0.1, 0.15) is 11.5 Å². The Bertz CT molecular complexity index is 830. The van der Waals surface area contributed by atoms with Gasteiger partial charge in [0.15, 0.2) is 0 Å². The highest BCUT2D eigenvalue weighted by Gasteiger charge is 2.26. The minimum absolute atomic E-state index is 0.0803. The molecule has 0 unspecified atom stereocenters. The molecule has 0 aliphatic carbocycles. The lowest BCUT2D eigenvalue weighted by Crippen LogP contribution is -2.16. The lowest BCUT2D eigenvalue weighted by molar-refractivity contribution is 0.103. The molecule has 0 heterocycles. The number of hydrogen-bond acceptors (Lipinski definition) is 3. The van der Waals surface area contributed by atoms with Gasteiger partial charge in [-0.1, -0.05) is 53.7 Å². The summed E-state index contributed by atoms with van der Waals surface area (Å²) in [7, 11) is 0. The zero-order valence-corrected chi connectivity index (χ0v) is 18.8. The summed E-state index contributed by atoms with van der Waals surface area (Å²) in [5.41, 5.74) is 2.53. The number of phenols is 2. The van der Waals surface area contributed by atoms with Gasteiger partial charge in [-0.3, -0.25) is 4.79 Å². The maximum atomic E-state index is 13.4. The molecule has 152 valence electrons. The van der Waals surface area contributed by atoms with Crippen LogP contribution in [0.25, 0.3) is 0 Å². The van der Waals surface area contributed by atoms with E-state index >= 15 is 0 Å². The van der Waals surface area contributed by atoms with E-state index in [-0.39, 0.29) is 45.2 Å². The third kappa shape index (κ3) is 4.47. The van der Waals surface area contributed by atoms with Gasteiger partial charge >= 0.3 is 0 Å². The highest BCUT2D eigenvalue weighted by molar-refractivity contribution is 6.19. The molecule has 0 aliphatic heterocycles. The van der Waals surface area contributed by atoms with Crippen molar-refractivity contribution in [2.45, 2.75) is 64.1 Å². The van der Waals surface area contributed by atoms with Gasteiger partial charge in [0.2, 0.25) is 5.78 Å². The van der Waals surface area contributed by atoms with Crippen LogP contribution in [0, 0.1) is 0 Å². The van der Waals surface area contributed by atoms with Gasteiger partial charge in [-0.15, -0.1) is 23.2 Å². The summed E-state index contributed by atoms with van der Waals surface area (Å²) in [5, 5.41) is 21.3. The minimum Gasteiger partial charge on any atom is -0.507 e. The molecule has 2 aromatic rings. The first-order valence-electron chi connectivity index (χ1n) is 9.20. The van der Waals surface area contributed by atoms with E-state index in [1.54, 1.807) is 12.1 Å². The van der Waals surface area contributed by atoms with Crippen LogP contribution >= 0.6 is 23.2 Å². The first kappa shape index (κ1) is 22.6. The molecule has 0 aliphatic rings. The predicted octanol–water partition coefficient (Wildman–Crippen LogP) is 6.40. The Hall–Kier alpha value is -1.71. The van der Waals surface area contributed by atoms with E-state index in [1.165, 1.54) is 0 Å². The quantitative estimate of drug-likeness (QED) is 0.442. The van der Waals surface area contributed by atoms with Crippen molar-refractivity contribution in [3.05, 3.63) is 57.6 Å². The average molecular weight is 423 g/mol. The van der Waals surface area contributed by atoms with Crippen LogP contribution in [0.3, 0.4) is 0 Å². The van der Waals surface area contributed by atoms with Crippen molar-refractivity contribution in [2.75, 3.05) is 0 Å². The van der Waals surface area contributed by atoms with Crippen molar-refractivity contribution in [3.8, 4) is 11.5 Å². The number of aromatic hydroxyl groups is 2. The van der Waals surface area contributed by atoms with Crippen LogP contribution in [0.2, 0.25) is 0 Å². The van der Waals surface area contributed by atoms with E-state index < -0.39 is 5.78 Å². The van der Waals surface area contributed by atoms with Gasteiger partial charge < -0.3 is 10.2 Å². The second-order valence-electron chi connectivity index (χ2n) is 9.16. The molecule has 3 nitrogen and oxygen atoms in total. The van der Waals surface area contributed by atoms with Crippen LogP contribution in [0.5, 0.6) is 11.5 Å². The Kier molecular flexibility index (Phi) is 6.42. The zero-order valence-electron chi connectivity index (χ0n) is 17.3. The molecule has 2 N–H and O–H groups in total. The Morgan fingerprint density at radius 3 is 1.32 bits per heavy atom. The van der Waals surface area contributed by atoms with E-state index in [4.69, 9.17) is 23.2 Å². The number of alkyl halides is 2. The molecule has 28 heavy (non-hydrogen) atoms. The number of halogens is 2. The molecule has 2 aromatic carbocycles. The predicted molar refractivity (Wildman–Crippen MR) is 116 cm³/mol. The molecule has 2 rings (SSSR count). The number of carbonyl (C=O) groups excluding carboxylic acids is 1. The maximum Gasteiger partial charge on any atom is 0.200 e. The third-order valence-electron chi connectivity index (χ3n) is 4.89. The molecule has 0 saturated carbocycles. The summed E-state index contributed by atoms with van der Waals surface area (Å²) in [6, 6.07) is 6.98. The lowest BCUT2D eigenvalue weighted by atomic mass is 9.82. The van der Waals surface area contributed by atoms with Crippen LogP contribution < -0.4 is 0 Å². The van der Waals surface area contributed by atoms with Gasteiger partial charge in [-0.05, 0) is 34.1 Å². The number of carbonyl (C=O) groups is 1. The number of ketones is 1. The van der Waals surface area contributed by atoms with Crippen molar-refractivity contribution in [1.82, 2.24) is 0 Å². The molecular formula is C23H28Cl2O3. The van der Waals surface area contributed by atoms with E-state index in [1.807, 2.05) is 53.7 Å². The lowest BCUT2D eigenvalue weighted by Gasteiger charge is -2.23. The fraction of sp³-hybridized carbons (Fsp3) is 0.435. The fourth-order valence-corrected chi connectivity index (χ4v) is 3.36. The van der Waals surface area contributed by atoms with E-state index in [0.29, 0.717) is 11.1 Å². The van der Waals surface area contributed by atoms with Gasteiger partial charge in [-0.2, -0.15) is 0 Å². The first-order chi connectivity index (χ1) is 12.8. The molecule has 0 saturated heterocycles. The largest absolute Gasteiger partial charge is 0.507 e. The van der Waals surface area contributed by atoms with Gasteiger partial charge in [0.05, 0.1) is 22.9 Å². The number of rotatable bonds is 4. The third-order valence-corrected chi connectivity index (χ3v) is 5.46. The van der Waals surface area contributed by atoms with Gasteiger partial charge in [-0.25, -0.2) is 0 Å². The van der Waals surface area contributed by atoms with E-state index in [9.17, 15) is 15.0 Å². The first-order valence-corrected chi connectivity index (χ1v) is 10.3. The Labute approximate surface area is 177 Å². The van der Waals surface area contributed by atoms with Crippen LogP contribution in [-0.2, 0) is 22.6 Å². The molecular weight excluding hydrogens is 395 g/mol. The summed E-state index contributed by atoms with van der Waals surface area (Å²) in [4.78, 5) is 13.4. The maximum absolute atomic E-state index is 13.4. The summed E-state index contributed by atoms with van der Waals surface area (Å²) in [5.74, 6) is -0.597. The Morgan fingerprint density at radius 1 is 0.750 bits per heavy atom. The van der Waals surface area contributed by atoms with Gasteiger partial charge in [0.25, 0.3) is 0 Å².